The van der Waals surface area contributed by atoms with Crippen molar-refractivity contribution in [3.05, 3.63) is 40.4 Å². The van der Waals surface area contributed by atoms with Crippen LogP contribution in [0, 0.1) is 11.3 Å². The van der Waals surface area contributed by atoms with Crippen LogP contribution in [0.3, 0.4) is 0 Å². The van der Waals surface area contributed by atoms with Crippen LogP contribution >= 0.6 is 11.3 Å². The molecule has 1 aromatic heterocycles. The highest BCUT2D eigenvalue weighted by atomic mass is 32.1. The van der Waals surface area contributed by atoms with E-state index in [9.17, 15) is 18.0 Å². The predicted octanol–water partition coefficient (Wildman–Crippen LogP) is 4.52. The van der Waals surface area contributed by atoms with Crippen molar-refractivity contribution < 1.29 is 18.0 Å². The Kier molecular flexibility index (Phi) is 6.41. The number of carbonyl (C=O) groups excluding carboxylic acids is 1. The predicted molar refractivity (Wildman–Crippen MR) is 97.5 cm³/mol. The molecule has 27 heavy (non-hydrogen) atoms. The van der Waals surface area contributed by atoms with Gasteiger partial charge in [0.1, 0.15) is 0 Å². The average molecular weight is 397 g/mol. The minimum atomic E-state index is -4.69. The third-order valence-corrected chi connectivity index (χ3v) is 4.57. The number of amides is 2. The largest absolute Gasteiger partial charge is 0.417 e. The Labute approximate surface area is 158 Å². The molecule has 2 rings (SSSR count). The molecule has 2 N–H and O–H groups in total. The molecule has 0 aliphatic carbocycles. The van der Waals surface area contributed by atoms with Gasteiger partial charge in [0, 0.05) is 23.7 Å². The van der Waals surface area contributed by atoms with Crippen LogP contribution < -0.4 is 10.6 Å². The van der Waals surface area contributed by atoms with Crippen molar-refractivity contribution in [2.45, 2.75) is 32.6 Å². The first-order chi connectivity index (χ1) is 12.6. The molecule has 6 nitrogen and oxygen atoms in total. The maximum absolute atomic E-state index is 13.0. The topological polar surface area (TPSA) is 81.0 Å². The molecule has 0 bridgehead atoms. The van der Waals surface area contributed by atoms with E-state index in [0.29, 0.717) is 17.7 Å². The van der Waals surface area contributed by atoms with E-state index in [0.717, 1.165) is 17.8 Å². The summed E-state index contributed by atoms with van der Waals surface area (Å²) in [5.74, 6) is 0. The number of benzene rings is 1. The number of aromatic nitrogens is 1. The Morgan fingerprint density at radius 2 is 2.07 bits per heavy atom. The van der Waals surface area contributed by atoms with Crippen LogP contribution in [-0.2, 0) is 12.7 Å². The fourth-order valence-corrected chi connectivity index (χ4v) is 2.79. The number of nitrogens with zero attached hydrogens (tertiary/aromatic N) is 3. The smallest absolute Gasteiger partial charge is 0.308 e. The lowest BCUT2D eigenvalue weighted by Crippen LogP contribution is -2.25. The number of nitriles is 1. The number of halogens is 3. The molecule has 2 amide bonds. The maximum atomic E-state index is 13.0. The highest BCUT2D eigenvalue weighted by molar-refractivity contribution is 7.13. The van der Waals surface area contributed by atoms with Crippen molar-refractivity contribution in [2.75, 3.05) is 17.7 Å². The van der Waals surface area contributed by atoms with Crippen LogP contribution in [0.25, 0.3) is 0 Å². The van der Waals surface area contributed by atoms with Gasteiger partial charge in [-0.05, 0) is 39.1 Å². The zero-order valence-corrected chi connectivity index (χ0v) is 15.7. The normalized spacial score (nSPS) is 11.5. The second kappa shape index (κ2) is 8.37. The van der Waals surface area contributed by atoms with E-state index >= 15 is 0 Å². The molecular formula is C17H18F3N5OS. The minimum Gasteiger partial charge on any atom is -0.308 e. The van der Waals surface area contributed by atoms with Crippen LogP contribution in [0.5, 0.6) is 0 Å². The van der Waals surface area contributed by atoms with Gasteiger partial charge < -0.3 is 5.32 Å². The fraction of sp³-hybridized carbons (Fsp3) is 0.353. The lowest BCUT2D eigenvalue weighted by Gasteiger charge is -2.19. The summed E-state index contributed by atoms with van der Waals surface area (Å²) < 4.78 is 38.9. The van der Waals surface area contributed by atoms with Gasteiger partial charge in [0.05, 0.1) is 22.9 Å². The lowest BCUT2D eigenvalue weighted by molar-refractivity contribution is -0.137. The molecule has 2 aromatic rings. The third-order valence-electron chi connectivity index (χ3n) is 3.77. The van der Waals surface area contributed by atoms with Gasteiger partial charge in [-0.25, -0.2) is 9.78 Å². The molecule has 1 heterocycles. The van der Waals surface area contributed by atoms with E-state index in [-0.39, 0.29) is 5.69 Å². The summed E-state index contributed by atoms with van der Waals surface area (Å²) in [6.07, 6.45) is -4.69. The van der Waals surface area contributed by atoms with E-state index < -0.39 is 23.3 Å². The first kappa shape index (κ1) is 20.7. The summed E-state index contributed by atoms with van der Waals surface area (Å²) in [6.45, 7) is 4.71. The molecular weight excluding hydrogens is 379 g/mol. The highest BCUT2D eigenvalue weighted by Crippen LogP contribution is 2.33. The molecule has 10 heteroatoms. The Balaban J connectivity index is 2.04. The van der Waals surface area contributed by atoms with Crippen molar-refractivity contribution in [3.8, 4) is 6.07 Å². The van der Waals surface area contributed by atoms with E-state index in [2.05, 4.69) is 20.5 Å². The van der Waals surface area contributed by atoms with Gasteiger partial charge in [-0.3, -0.25) is 10.2 Å². The molecule has 0 aliphatic heterocycles. The van der Waals surface area contributed by atoms with E-state index in [1.165, 1.54) is 23.5 Å². The number of hydrogen-bond donors (Lipinski definition) is 2. The summed E-state index contributed by atoms with van der Waals surface area (Å²) in [5.41, 5.74) is -0.900. The quantitative estimate of drug-likeness (QED) is 0.777. The van der Waals surface area contributed by atoms with Crippen LogP contribution in [0.15, 0.2) is 23.6 Å². The number of carbonyl (C=O) groups is 1. The van der Waals surface area contributed by atoms with Gasteiger partial charge in [-0.1, -0.05) is 0 Å². The Morgan fingerprint density at radius 3 is 2.67 bits per heavy atom. The van der Waals surface area contributed by atoms with Crippen molar-refractivity contribution in [3.63, 3.8) is 0 Å². The molecule has 0 saturated heterocycles. The first-order valence-corrected chi connectivity index (χ1v) is 8.82. The zero-order valence-electron chi connectivity index (χ0n) is 14.9. The summed E-state index contributed by atoms with van der Waals surface area (Å²) in [5, 5.41) is 15.7. The molecule has 0 fully saturated rings. The summed E-state index contributed by atoms with van der Waals surface area (Å²) in [4.78, 5) is 18.4. The fourth-order valence-electron chi connectivity index (χ4n) is 2.09. The van der Waals surface area contributed by atoms with Crippen molar-refractivity contribution in [1.29, 1.82) is 5.26 Å². The lowest BCUT2D eigenvalue weighted by atomic mass is 10.1. The van der Waals surface area contributed by atoms with Crippen molar-refractivity contribution in [2.24, 2.45) is 0 Å². The minimum absolute atomic E-state index is 0.0739. The maximum Gasteiger partial charge on any atom is 0.417 e. The molecule has 1 aromatic carbocycles. The highest BCUT2D eigenvalue weighted by Gasteiger charge is 2.34. The number of rotatable bonds is 5. The summed E-state index contributed by atoms with van der Waals surface area (Å²) in [7, 11) is 1.95. The summed E-state index contributed by atoms with van der Waals surface area (Å²) in [6, 6.07) is 4.08. The van der Waals surface area contributed by atoms with E-state index in [1.54, 1.807) is 5.38 Å². The SMILES string of the molecule is CC(C)N(C)Cc1csc(NC(=O)Nc2ccc(C#N)c(C(F)(F)F)c2)n1. The van der Waals surface area contributed by atoms with Gasteiger partial charge in [-0.15, -0.1) is 11.3 Å². The van der Waals surface area contributed by atoms with Gasteiger partial charge >= 0.3 is 12.2 Å². The zero-order chi connectivity index (χ0) is 20.2. The number of urea groups is 1. The van der Waals surface area contributed by atoms with E-state index in [4.69, 9.17) is 5.26 Å². The number of thiazole rings is 1. The average Bonchev–Trinajstić information content (AvgIpc) is 3.00. The van der Waals surface area contributed by atoms with Crippen LogP contribution in [0.2, 0.25) is 0 Å². The molecule has 0 radical (unpaired) electrons. The first-order valence-electron chi connectivity index (χ1n) is 7.94. The molecule has 0 aliphatic rings. The number of nitrogens with one attached hydrogen (secondary N) is 2. The second-order valence-electron chi connectivity index (χ2n) is 6.10. The Morgan fingerprint density at radius 1 is 1.37 bits per heavy atom. The molecule has 0 unspecified atom stereocenters. The van der Waals surface area contributed by atoms with Gasteiger partial charge in [0.25, 0.3) is 0 Å². The van der Waals surface area contributed by atoms with E-state index in [1.807, 2.05) is 20.9 Å². The third kappa shape index (κ3) is 5.67. The van der Waals surface area contributed by atoms with Crippen LogP contribution in [0.4, 0.5) is 28.8 Å². The second-order valence-corrected chi connectivity index (χ2v) is 6.96. The van der Waals surface area contributed by atoms with Gasteiger partial charge in [0.2, 0.25) is 0 Å². The van der Waals surface area contributed by atoms with Gasteiger partial charge in [0.15, 0.2) is 5.13 Å². The number of hydrogen-bond acceptors (Lipinski definition) is 5. The van der Waals surface area contributed by atoms with Crippen molar-refractivity contribution in [1.82, 2.24) is 9.88 Å². The van der Waals surface area contributed by atoms with Crippen molar-refractivity contribution >= 4 is 28.2 Å². The molecule has 0 saturated carbocycles. The molecule has 0 spiro atoms. The number of alkyl halides is 3. The molecule has 144 valence electrons. The summed E-state index contributed by atoms with van der Waals surface area (Å²) >= 11 is 1.22. The van der Waals surface area contributed by atoms with Gasteiger partial charge in [-0.2, -0.15) is 18.4 Å². The van der Waals surface area contributed by atoms with Crippen LogP contribution in [0.1, 0.15) is 30.7 Å². The van der Waals surface area contributed by atoms with Crippen LogP contribution in [-0.4, -0.2) is 29.0 Å². The standard InChI is InChI=1S/C17H18F3N5OS/c1-10(2)25(3)8-13-9-27-16(23-13)24-15(26)22-12-5-4-11(7-21)14(6-12)17(18,19)20/h4-6,9-10H,8H2,1-3H3,(H2,22,23,24,26). The number of anilines is 2. The Hall–Kier alpha value is -2.64. The monoisotopic (exact) mass is 397 g/mol. The molecule has 0 atom stereocenters. The Bertz CT molecular complexity index is 857.